The van der Waals surface area contributed by atoms with E-state index in [9.17, 15) is 14.4 Å². The summed E-state index contributed by atoms with van der Waals surface area (Å²) < 4.78 is 10.9. The number of aryl methyl sites for hydroxylation is 1. The largest absolute Gasteiger partial charge is 0.465 e. The SMILES string of the molecule is CCOC(=O)[C@@H](CCc1ccccc1)N[C@@H](C)C(=O)N1[C@@H]2CCC[C@@H]2C[C@H]1C(=O)OCc1ccccc1. The number of benzene rings is 2. The van der Waals surface area contributed by atoms with Gasteiger partial charge in [0.05, 0.1) is 12.6 Å². The van der Waals surface area contributed by atoms with E-state index < -0.39 is 18.1 Å². The first-order chi connectivity index (χ1) is 18.0. The second kappa shape index (κ2) is 12.9. The minimum absolute atomic E-state index is 0.0383. The number of rotatable bonds is 11. The molecule has 5 atom stereocenters. The average Bonchev–Trinajstić information content (AvgIpc) is 3.52. The first-order valence-corrected chi connectivity index (χ1v) is 13.5. The van der Waals surface area contributed by atoms with Gasteiger partial charge in [0.1, 0.15) is 18.7 Å². The molecule has 198 valence electrons. The number of carbonyl (C=O) groups excluding carboxylic acids is 3. The summed E-state index contributed by atoms with van der Waals surface area (Å²) in [5.41, 5.74) is 2.03. The van der Waals surface area contributed by atoms with Crippen LogP contribution in [0.2, 0.25) is 0 Å². The second-order valence-electron chi connectivity index (χ2n) is 10.1. The Morgan fingerprint density at radius 3 is 2.32 bits per heavy atom. The highest BCUT2D eigenvalue weighted by atomic mass is 16.5. The van der Waals surface area contributed by atoms with Gasteiger partial charge >= 0.3 is 11.9 Å². The fourth-order valence-electron chi connectivity index (χ4n) is 5.71. The molecule has 1 saturated carbocycles. The van der Waals surface area contributed by atoms with E-state index in [1.165, 1.54) is 0 Å². The molecule has 7 nitrogen and oxygen atoms in total. The summed E-state index contributed by atoms with van der Waals surface area (Å²) in [7, 11) is 0. The molecular weight excluding hydrogens is 468 g/mol. The van der Waals surface area contributed by atoms with E-state index in [4.69, 9.17) is 9.47 Å². The maximum absolute atomic E-state index is 13.8. The van der Waals surface area contributed by atoms with Crippen LogP contribution in [0.3, 0.4) is 0 Å². The van der Waals surface area contributed by atoms with Crippen LogP contribution in [0.1, 0.15) is 57.1 Å². The first kappa shape index (κ1) is 26.9. The zero-order chi connectivity index (χ0) is 26.2. The molecule has 0 aromatic heterocycles. The molecule has 0 spiro atoms. The third-order valence-electron chi connectivity index (χ3n) is 7.55. The molecular formula is C30H38N2O5. The Kier molecular flexibility index (Phi) is 9.34. The van der Waals surface area contributed by atoms with Gasteiger partial charge in [0.2, 0.25) is 5.91 Å². The molecule has 7 heteroatoms. The molecule has 1 saturated heterocycles. The van der Waals surface area contributed by atoms with Crippen LogP contribution in [-0.4, -0.2) is 53.5 Å². The van der Waals surface area contributed by atoms with Crippen LogP contribution >= 0.6 is 0 Å². The molecule has 4 rings (SSSR count). The Bertz CT molecular complexity index is 1040. The summed E-state index contributed by atoms with van der Waals surface area (Å²) in [4.78, 5) is 41.4. The smallest absolute Gasteiger partial charge is 0.329 e. The van der Waals surface area contributed by atoms with Crippen molar-refractivity contribution in [2.75, 3.05) is 6.61 Å². The monoisotopic (exact) mass is 506 g/mol. The minimum atomic E-state index is -0.644. The number of nitrogens with zero attached hydrogens (tertiary/aromatic N) is 1. The lowest BCUT2D eigenvalue weighted by atomic mass is 10.0. The van der Waals surface area contributed by atoms with E-state index in [1.807, 2.05) is 60.7 Å². The van der Waals surface area contributed by atoms with Crippen molar-refractivity contribution in [2.24, 2.45) is 5.92 Å². The van der Waals surface area contributed by atoms with Crippen molar-refractivity contribution >= 4 is 17.8 Å². The van der Waals surface area contributed by atoms with Gasteiger partial charge in [-0.2, -0.15) is 0 Å². The number of fused-ring (bicyclic) bond motifs is 1. The standard InChI is InChI=1S/C30H38N2O5/c1-3-36-29(34)25(18-17-22-11-6-4-7-12-22)31-21(2)28(33)32-26-16-10-15-24(26)19-27(32)30(35)37-20-23-13-8-5-9-14-23/h4-9,11-14,21,24-27,31H,3,10,15-20H2,1-2H3/t21-,24+,25+,26+,27-/m0/s1. The van der Waals surface area contributed by atoms with Crippen molar-refractivity contribution in [1.29, 1.82) is 0 Å². The van der Waals surface area contributed by atoms with Crippen LogP contribution in [0.15, 0.2) is 60.7 Å². The lowest BCUT2D eigenvalue weighted by Gasteiger charge is -2.32. The van der Waals surface area contributed by atoms with Crippen LogP contribution in [0, 0.1) is 5.92 Å². The van der Waals surface area contributed by atoms with Gasteiger partial charge in [-0.1, -0.05) is 67.1 Å². The summed E-state index contributed by atoms with van der Waals surface area (Å²) in [6.45, 7) is 4.00. The van der Waals surface area contributed by atoms with Crippen LogP contribution in [0.5, 0.6) is 0 Å². The fraction of sp³-hybridized carbons (Fsp3) is 0.500. The molecule has 2 fully saturated rings. The predicted molar refractivity (Wildman–Crippen MR) is 140 cm³/mol. The van der Waals surface area contributed by atoms with E-state index in [-0.39, 0.29) is 37.1 Å². The quantitative estimate of drug-likeness (QED) is 0.463. The van der Waals surface area contributed by atoms with Gasteiger partial charge in [-0.3, -0.25) is 14.9 Å². The van der Waals surface area contributed by atoms with Gasteiger partial charge in [0.25, 0.3) is 0 Å². The number of hydrogen-bond acceptors (Lipinski definition) is 6. The molecule has 2 aliphatic rings. The molecule has 1 amide bonds. The van der Waals surface area contributed by atoms with Gasteiger partial charge in [0.15, 0.2) is 0 Å². The summed E-state index contributed by atoms with van der Waals surface area (Å²) in [5, 5.41) is 3.23. The highest BCUT2D eigenvalue weighted by Crippen LogP contribution is 2.42. The van der Waals surface area contributed by atoms with E-state index in [1.54, 1.807) is 18.7 Å². The van der Waals surface area contributed by atoms with Gasteiger partial charge in [-0.25, -0.2) is 4.79 Å². The Balaban J connectivity index is 1.43. The van der Waals surface area contributed by atoms with E-state index in [2.05, 4.69) is 5.32 Å². The number of likely N-dealkylation sites (tertiary alicyclic amines) is 1. The summed E-state index contributed by atoms with van der Waals surface area (Å²) in [6.07, 6.45) is 4.78. The van der Waals surface area contributed by atoms with Crippen molar-refractivity contribution < 1.29 is 23.9 Å². The van der Waals surface area contributed by atoms with E-state index in [0.29, 0.717) is 25.2 Å². The Labute approximate surface area is 219 Å². The Hall–Kier alpha value is -3.19. The molecule has 1 heterocycles. The van der Waals surface area contributed by atoms with Crippen molar-refractivity contribution in [3.8, 4) is 0 Å². The highest BCUT2D eigenvalue weighted by Gasteiger charge is 2.50. The summed E-state index contributed by atoms with van der Waals surface area (Å²) >= 11 is 0. The van der Waals surface area contributed by atoms with Crippen LogP contribution in [0.4, 0.5) is 0 Å². The third-order valence-corrected chi connectivity index (χ3v) is 7.55. The number of nitrogens with one attached hydrogen (secondary N) is 1. The average molecular weight is 507 g/mol. The lowest BCUT2D eigenvalue weighted by Crippen LogP contribution is -2.55. The Morgan fingerprint density at radius 2 is 1.65 bits per heavy atom. The second-order valence-corrected chi connectivity index (χ2v) is 10.1. The maximum Gasteiger partial charge on any atom is 0.329 e. The minimum Gasteiger partial charge on any atom is -0.465 e. The molecule has 0 bridgehead atoms. The van der Waals surface area contributed by atoms with Crippen molar-refractivity contribution in [2.45, 2.75) is 83.1 Å². The lowest BCUT2D eigenvalue weighted by molar-refractivity contribution is -0.156. The molecule has 0 radical (unpaired) electrons. The van der Waals surface area contributed by atoms with Gasteiger partial charge in [-0.15, -0.1) is 0 Å². The van der Waals surface area contributed by atoms with Gasteiger partial charge in [-0.05, 0) is 63.0 Å². The highest BCUT2D eigenvalue weighted by molar-refractivity contribution is 5.89. The fourth-order valence-corrected chi connectivity index (χ4v) is 5.71. The predicted octanol–water partition coefficient (Wildman–Crippen LogP) is 4.04. The number of esters is 2. The van der Waals surface area contributed by atoms with Crippen LogP contribution in [0.25, 0.3) is 0 Å². The van der Waals surface area contributed by atoms with Crippen molar-refractivity contribution in [3.63, 3.8) is 0 Å². The number of hydrogen-bond donors (Lipinski definition) is 1. The third kappa shape index (κ3) is 6.77. The maximum atomic E-state index is 13.8. The molecule has 37 heavy (non-hydrogen) atoms. The summed E-state index contributed by atoms with van der Waals surface area (Å²) in [5.74, 6) is -0.573. The first-order valence-electron chi connectivity index (χ1n) is 13.5. The Morgan fingerprint density at radius 1 is 0.973 bits per heavy atom. The molecule has 2 aromatic carbocycles. The number of amides is 1. The molecule has 2 aromatic rings. The van der Waals surface area contributed by atoms with E-state index >= 15 is 0 Å². The molecule has 1 N–H and O–H groups in total. The molecule has 0 unspecified atom stereocenters. The molecule has 1 aliphatic heterocycles. The number of carbonyl (C=O) groups is 3. The normalized spacial score (nSPS) is 22.2. The number of ether oxygens (including phenoxy) is 2. The van der Waals surface area contributed by atoms with E-state index in [0.717, 1.165) is 30.4 Å². The van der Waals surface area contributed by atoms with Gasteiger partial charge < -0.3 is 14.4 Å². The van der Waals surface area contributed by atoms with Crippen molar-refractivity contribution in [3.05, 3.63) is 71.8 Å². The zero-order valence-corrected chi connectivity index (χ0v) is 21.8. The van der Waals surface area contributed by atoms with Gasteiger partial charge in [0, 0.05) is 6.04 Å². The topological polar surface area (TPSA) is 84.9 Å². The van der Waals surface area contributed by atoms with Crippen molar-refractivity contribution in [1.82, 2.24) is 10.2 Å². The zero-order valence-electron chi connectivity index (χ0n) is 21.8. The summed E-state index contributed by atoms with van der Waals surface area (Å²) in [6, 6.07) is 17.7. The molecule has 1 aliphatic carbocycles. The van der Waals surface area contributed by atoms with Crippen LogP contribution < -0.4 is 5.32 Å². The van der Waals surface area contributed by atoms with Crippen LogP contribution in [-0.2, 0) is 36.9 Å².